The van der Waals surface area contributed by atoms with E-state index in [1.54, 1.807) is 11.8 Å². The quantitative estimate of drug-likeness (QED) is 0.768. The minimum atomic E-state index is 0.263. The number of aliphatic hydroxyl groups is 1. The summed E-state index contributed by atoms with van der Waals surface area (Å²) in [6.45, 7) is 2.04. The third kappa shape index (κ3) is 3.24. The molecule has 1 aliphatic carbocycles. The van der Waals surface area contributed by atoms with E-state index in [1.807, 2.05) is 0 Å². The Hall–Kier alpha value is -0.510. The van der Waals surface area contributed by atoms with E-state index in [2.05, 4.69) is 35.4 Å². The first-order valence-corrected chi connectivity index (χ1v) is 7.04. The average molecular weight is 237 g/mol. The van der Waals surface area contributed by atoms with Crippen LogP contribution < -0.4 is 0 Å². The Morgan fingerprint density at radius 3 is 2.50 bits per heavy atom. The van der Waals surface area contributed by atoms with Crippen LogP contribution in [-0.2, 0) is 6.54 Å². The van der Waals surface area contributed by atoms with Crippen LogP contribution in [0.15, 0.2) is 29.2 Å². The van der Waals surface area contributed by atoms with Gasteiger partial charge in [0, 0.05) is 24.0 Å². The summed E-state index contributed by atoms with van der Waals surface area (Å²) in [6, 6.07) is 9.44. The van der Waals surface area contributed by atoms with Crippen LogP contribution in [0.25, 0.3) is 0 Å². The van der Waals surface area contributed by atoms with E-state index in [4.69, 9.17) is 5.11 Å². The van der Waals surface area contributed by atoms with Crippen LogP contribution in [0, 0.1) is 0 Å². The summed E-state index contributed by atoms with van der Waals surface area (Å²) >= 11 is 1.77. The summed E-state index contributed by atoms with van der Waals surface area (Å²) in [5, 5.41) is 9.03. The molecule has 0 unspecified atom stereocenters. The third-order valence-electron chi connectivity index (χ3n) is 3.00. The van der Waals surface area contributed by atoms with Crippen molar-refractivity contribution >= 4 is 11.8 Å². The largest absolute Gasteiger partial charge is 0.395 e. The topological polar surface area (TPSA) is 23.5 Å². The van der Waals surface area contributed by atoms with Crippen molar-refractivity contribution in [3.8, 4) is 0 Å². The van der Waals surface area contributed by atoms with E-state index in [-0.39, 0.29) is 6.61 Å². The molecule has 16 heavy (non-hydrogen) atoms. The Kier molecular flexibility index (Phi) is 4.27. The fourth-order valence-corrected chi connectivity index (χ4v) is 2.33. The van der Waals surface area contributed by atoms with Crippen molar-refractivity contribution in [2.45, 2.75) is 30.3 Å². The molecule has 0 amide bonds. The normalized spacial score (nSPS) is 15.7. The van der Waals surface area contributed by atoms with Gasteiger partial charge in [-0.15, -0.1) is 11.8 Å². The van der Waals surface area contributed by atoms with E-state index in [0.29, 0.717) is 6.04 Å². The number of aliphatic hydroxyl groups excluding tert-OH is 1. The first kappa shape index (κ1) is 12.0. The van der Waals surface area contributed by atoms with Gasteiger partial charge in [-0.1, -0.05) is 12.1 Å². The highest BCUT2D eigenvalue weighted by atomic mass is 32.2. The second-order valence-corrected chi connectivity index (χ2v) is 5.15. The number of rotatable bonds is 6. The molecule has 0 bridgehead atoms. The first-order valence-electron chi connectivity index (χ1n) is 5.81. The summed E-state index contributed by atoms with van der Waals surface area (Å²) in [5.41, 5.74) is 1.35. The predicted octanol–water partition coefficient (Wildman–Crippen LogP) is 2.37. The summed E-state index contributed by atoms with van der Waals surface area (Å²) in [5.74, 6) is 0. The summed E-state index contributed by atoms with van der Waals surface area (Å²) in [7, 11) is 0. The zero-order valence-electron chi connectivity index (χ0n) is 9.72. The van der Waals surface area contributed by atoms with Gasteiger partial charge in [0.15, 0.2) is 0 Å². The van der Waals surface area contributed by atoms with Crippen molar-refractivity contribution in [1.29, 1.82) is 0 Å². The standard InChI is InChI=1S/C13H19NOS/c1-16-13-6-2-11(3-7-13)10-14(8-9-15)12-4-5-12/h2-3,6-7,12,15H,4-5,8-10H2,1H3. The molecule has 1 aromatic carbocycles. The lowest BCUT2D eigenvalue weighted by Gasteiger charge is -2.20. The van der Waals surface area contributed by atoms with Crippen LogP contribution in [0.5, 0.6) is 0 Å². The highest BCUT2D eigenvalue weighted by Crippen LogP contribution is 2.28. The van der Waals surface area contributed by atoms with Crippen LogP contribution in [0.1, 0.15) is 18.4 Å². The molecule has 0 radical (unpaired) electrons. The molecule has 88 valence electrons. The maximum atomic E-state index is 9.03. The molecule has 0 aliphatic heterocycles. The van der Waals surface area contributed by atoms with Gasteiger partial charge in [0.1, 0.15) is 0 Å². The van der Waals surface area contributed by atoms with Gasteiger partial charge in [-0.2, -0.15) is 0 Å². The molecule has 0 saturated heterocycles. The Morgan fingerprint density at radius 2 is 2.00 bits per heavy atom. The molecule has 0 heterocycles. The fourth-order valence-electron chi connectivity index (χ4n) is 1.92. The second kappa shape index (κ2) is 5.71. The summed E-state index contributed by atoms with van der Waals surface area (Å²) in [6.07, 6.45) is 4.68. The molecular weight excluding hydrogens is 218 g/mol. The number of nitrogens with zero attached hydrogens (tertiary/aromatic N) is 1. The van der Waals surface area contributed by atoms with Crippen LogP contribution in [-0.4, -0.2) is 35.5 Å². The highest BCUT2D eigenvalue weighted by Gasteiger charge is 2.28. The minimum Gasteiger partial charge on any atom is -0.395 e. The third-order valence-corrected chi connectivity index (χ3v) is 3.74. The predicted molar refractivity (Wildman–Crippen MR) is 68.7 cm³/mol. The van der Waals surface area contributed by atoms with Gasteiger partial charge in [0.05, 0.1) is 6.61 Å². The van der Waals surface area contributed by atoms with E-state index < -0.39 is 0 Å². The van der Waals surface area contributed by atoms with Crippen molar-refractivity contribution in [1.82, 2.24) is 4.90 Å². The maximum Gasteiger partial charge on any atom is 0.0558 e. The molecule has 1 aromatic rings. The van der Waals surface area contributed by atoms with Gasteiger partial charge in [-0.25, -0.2) is 0 Å². The first-order chi connectivity index (χ1) is 7.83. The van der Waals surface area contributed by atoms with Gasteiger partial charge in [-0.3, -0.25) is 4.90 Å². The number of benzene rings is 1. The Labute approximate surface area is 102 Å². The zero-order chi connectivity index (χ0) is 11.4. The Balaban J connectivity index is 1.94. The van der Waals surface area contributed by atoms with Crippen molar-refractivity contribution in [2.24, 2.45) is 0 Å². The SMILES string of the molecule is CSc1ccc(CN(CCO)C2CC2)cc1. The lowest BCUT2D eigenvalue weighted by molar-refractivity contribution is 0.183. The summed E-state index contributed by atoms with van der Waals surface area (Å²) < 4.78 is 0. The molecule has 1 aliphatic rings. The van der Waals surface area contributed by atoms with Crippen molar-refractivity contribution in [3.63, 3.8) is 0 Å². The molecule has 1 fully saturated rings. The van der Waals surface area contributed by atoms with Gasteiger partial charge >= 0.3 is 0 Å². The zero-order valence-corrected chi connectivity index (χ0v) is 10.5. The molecule has 0 atom stereocenters. The molecule has 2 rings (SSSR count). The molecule has 3 heteroatoms. The van der Waals surface area contributed by atoms with E-state index >= 15 is 0 Å². The van der Waals surface area contributed by atoms with Crippen molar-refractivity contribution in [3.05, 3.63) is 29.8 Å². The molecule has 2 nitrogen and oxygen atoms in total. The molecule has 1 N–H and O–H groups in total. The minimum absolute atomic E-state index is 0.263. The highest BCUT2D eigenvalue weighted by molar-refractivity contribution is 7.98. The van der Waals surface area contributed by atoms with Gasteiger partial charge < -0.3 is 5.11 Å². The second-order valence-electron chi connectivity index (χ2n) is 4.27. The molecule has 0 aromatic heterocycles. The van der Waals surface area contributed by atoms with Gasteiger partial charge in [-0.05, 0) is 36.8 Å². The Bertz CT molecular complexity index is 321. The van der Waals surface area contributed by atoms with Crippen LogP contribution in [0.2, 0.25) is 0 Å². The van der Waals surface area contributed by atoms with Crippen LogP contribution >= 0.6 is 11.8 Å². The number of thioether (sulfide) groups is 1. The fraction of sp³-hybridized carbons (Fsp3) is 0.538. The van der Waals surface area contributed by atoms with E-state index in [9.17, 15) is 0 Å². The smallest absolute Gasteiger partial charge is 0.0558 e. The molecule has 0 spiro atoms. The monoisotopic (exact) mass is 237 g/mol. The maximum absolute atomic E-state index is 9.03. The number of hydrogen-bond acceptors (Lipinski definition) is 3. The van der Waals surface area contributed by atoms with Crippen LogP contribution in [0.3, 0.4) is 0 Å². The van der Waals surface area contributed by atoms with Crippen molar-refractivity contribution < 1.29 is 5.11 Å². The van der Waals surface area contributed by atoms with E-state index in [1.165, 1.54) is 23.3 Å². The summed E-state index contributed by atoms with van der Waals surface area (Å²) in [4.78, 5) is 3.69. The van der Waals surface area contributed by atoms with Gasteiger partial charge in [0.2, 0.25) is 0 Å². The average Bonchev–Trinajstić information content (AvgIpc) is 3.13. The van der Waals surface area contributed by atoms with Gasteiger partial charge in [0.25, 0.3) is 0 Å². The lowest BCUT2D eigenvalue weighted by Crippen LogP contribution is -2.28. The number of hydrogen-bond donors (Lipinski definition) is 1. The molecular formula is C13H19NOS. The van der Waals surface area contributed by atoms with E-state index in [0.717, 1.165) is 13.1 Å². The molecule has 1 saturated carbocycles. The van der Waals surface area contributed by atoms with Crippen molar-refractivity contribution in [2.75, 3.05) is 19.4 Å². The lowest BCUT2D eigenvalue weighted by atomic mass is 10.2. The Morgan fingerprint density at radius 1 is 1.31 bits per heavy atom. The van der Waals surface area contributed by atoms with Crippen LogP contribution in [0.4, 0.5) is 0 Å².